The number of aliphatic hydroxyl groups is 5. The molecule has 0 aromatic heterocycles. The highest BCUT2D eigenvalue weighted by molar-refractivity contribution is 4.83. The van der Waals surface area contributed by atoms with E-state index in [-0.39, 0.29) is 19.4 Å². The quantitative estimate of drug-likeness (QED) is 0.391. The molecule has 2 aliphatic rings. The van der Waals surface area contributed by atoms with E-state index in [0.717, 1.165) is 0 Å². The van der Waals surface area contributed by atoms with Crippen molar-refractivity contribution in [3.8, 4) is 0 Å². The van der Waals surface area contributed by atoms with Crippen molar-refractivity contribution >= 4 is 0 Å². The molecule has 7 atom stereocenters. The van der Waals surface area contributed by atoms with Crippen molar-refractivity contribution in [1.82, 2.24) is 0 Å². The van der Waals surface area contributed by atoms with E-state index >= 15 is 0 Å². The summed E-state index contributed by atoms with van der Waals surface area (Å²) in [6.45, 7) is -0.658. The largest absolute Gasteiger partial charge is 0.394 e. The molecule has 5 N–H and O–H groups in total. The SMILES string of the molecule is OC[C@@H]1C[C@H](O)CC(O[C@@H]2CC(O)[C@H](O)[C@@H](CO)O2)O1. The molecule has 20 heavy (non-hydrogen) atoms. The summed E-state index contributed by atoms with van der Waals surface area (Å²) in [7, 11) is 0. The van der Waals surface area contributed by atoms with Gasteiger partial charge in [-0.2, -0.15) is 0 Å². The Morgan fingerprint density at radius 1 is 0.900 bits per heavy atom. The molecular weight excluding hydrogens is 272 g/mol. The molecule has 0 spiro atoms. The summed E-state index contributed by atoms with van der Waals surface area (Å²) in [5.74, 6) is 0. The third-order valence-corrected chi connectivity index (χ3v) is 3.57. The molecule has 0 amide bonds. The number of hydrogen-bond donors (Lipinski definition) is 5. The lowest BCUT2D eigenvalue weighted by atomic mass is 10.0. The predicted octanol–water partition coefficient (Wildman–Crippen LogP) is -2.31. The van der Waals surface area contributed by atoms with E-state index in [1.54, 1.807) is 0 Å². The molecule has 0 bridgehead atoms. The molecule has 0 aromatic rings. The van der Waals surface area contributed by atoms with Crippen LogP contribution in [-0.4, -0.2) is 81.8 Å². The van der Waals surface area contributed by atoms with Crippen LogP contribution in [0, 0.1) is 0 Å². The predicted molar refractivity (Wildman–Crippen MR) is 64.5 cm³/mol. The van der Waals surface area contributed by atoms with Crippen LogP contribution in [0.3, 0.4) is 0 Å². The third-order valence-electron chi connectivity index (χ3n) is 3.57. The summed E-state index contributed by atoms with van der Waals surface area (Å²) in [6.07, 6.45) is -5.29. The smallest absolute Gasteiger partial charge is 0.163 e. The van der Waals surface area contributed by atoms with Gasteiger partial charge in [-0.15, -0.1) is 0 Å². The highest BCUT2D eigenvalue weighted by atomic mass is 16.8. The topological polar surface area (TPSA) is 129 Å². The van der Waals surface area contributed by atoms with Crippen LogP contribution in [0.25, 0.3) is 0 Å². The zero-order valence-corrected chi connectivity index (χ0v) is 11.0. The molecule has 0 radical (unpaired) electrons. The zero-order valence-electron chi connectivity index (χ0n) is 11.0. The molecule has 2 fully saturated rings. The van der Waals surface area contributed by atoms with Crippen molar-refractivity contribution < 1.29 is 39.7 Å². The van der Waals surface area contributed by atoms with Crippen molar-refractivity contribution in [1.29, 1.82) is 0 Å². The summed E-state index contributed by atoms with van der Waals surface area (Å²) < 4.78 is 16.2. The summed E-state index contributed by atoms with van der Waals surface area (Å²) in [5, 5.41) is 47.1. The second-order valence-electron chi connectivity index (χ2n) is 5.21. The molecule has 118 valence electrons. The molecule has 2 rings (SSSR count). The first-order valence-corrected chi connectivity index (χ1v) is 6.75. The average Bonchev–Trinajstić information content (AvgIpc) is 2.41. The van der Waals surface area contributed by atoms with Crippen LogP contribution in [0.5, 0.6) is 0 Å². The molecule has 8 nitrogen and oxygen atoms in total. The van der Waals surface area contributed by atoms with Crippen molar-refractivity contribution in [2.75, 3.05) is 13.2 Å². The van der Waals surface area contributed by atoms with Gasteiger partial charge in [0.15, 0.2) is 12.6 Å². The van der Waals surface area contributed by atoms with Gasteiger partial charge in [-0.25, -0.2) is 0 Å². The lowest BCUT2D eigenvalue weighted by molar-refractivity contribution is -0.323. The first kappa shape index (κ1) is 16.1. The van der Waals surface area contributed by atoms with Gasteiger partial charge >= 0.3 is 0 Å². The Morgan fingerprint density at radius 3 is 2.25 bits per heavy atom. The van der Waals surface area contributed by atoms with E-state index in [9.17, 15) is 15.3 Å². The molecule has 8 heteroatoms. The van der Waals surface area contributed by atoms with Gasteiger partial charge in [0.25, 0.3) is 0 Å². The summed E-state index contributed by atoms with van der Waals surface area (Å²) in [5.41, 5.74) is 0. The molecule has 2 saturated heterocycles. The second-order valence-corrected chi connectivity index (χ2v) is 5.21. The Labute approximate surface area is 116 Å². The van der Waals surface area contributed by atoms with Crippen LogP contribution < -0.4 is 0 Å². The van der Waals surface area contributed by atoms with Gasteiger partial charge < -0.3 is 39.7 Å². The Kier molecular flexibility index (Phi) is 5.70. The molecule has 0 aliphatic carbocycles. The van der Waals surface area contributed by atoms with Gasteiger partial charge in [-0.05, 0) is 0 Å². The highest BCUT2D eigenvalue weighted by Gasteiger charge is 2.39. The van der Waals surface area contributed by atoms with Gasteiger partial charge in [0.2, 0.25) is 0 Å². The van der Waals surface area contributed by atoms with Gasteiger partial charge in [0, 0.05) is 19.3 Å². The van der Waals surface area contributed by atoms with E-state index in [1.807, 2.05) is 0 Å². The van der Waals surface area contributed by atoms with Gasteiger partial charge in [-0.1, -0.05) is 0 Å². The van der Waals surface area contributed by atoms with Crippen LogP contribution in [0.15, 0.2) is 0 Å². The van der Waals surface area contributed by atoms with E-state index < -0.39 is 49.7 Å². The normalized spacial score (nSPS) is 46.4. The molecule has 2 unspecified atom stereocenters. The lowest BCUT2D eigenvalue weighted by Gasteiger charge is -2.39. The number of aliphatic hydroxyl groups excluding tert-OH is 5. The minimum Gasteiger partial charge on any atom is -0.394 e. The monoisotopic (exact) mass is 294 g/mol. The zero-order chi connectivity index (χ0) is 14.7. The fraction of sp³-hybridized carbons (Fsp3) is 1.00. The summed E-state index contributed by atoms with van der Waals surface area (Å²) in [4.78, 5) is 0. The van der Waals surface area contributed by atoms with Crippen LogP contribution in [0.4, 0.5) is 0 Å². The van der Waals surface area contributed by atoms with E-state index in [4.69, 9.17) is 24.4 Å². The first-order chi connectivity index (χ1) is 9.53. The maximum absolute atomic E-state index is 9.68. The van der Waals surface area contributed by atoms with Crippen molar-refractivity contribution in [3.05, 3.63) is 0 Å². The number of ether oxygens (including phenoxy) is 3. The third kappa shape index (κ3) is 3.86. The molecule has 0 aromatic carbocycles. The Hall–Kier alpha value is -0.320. The maximum Gasteiger partial charge on any atom is 0.163 e. The standard InChI is InChI=1S/C12H22O8/c13-4-7-1-6(15)2-10(18-7)20-11-3-8(16)12(17)9(5-14)19-11/h6-17H,1-5H2/t6-,7-,8?,9+,10?,11+,12-/m0/s1. The summed E-state index contributed by atoms with van der Waals surface area (Å²) >= 11 is 0. The van der Waals surface area contributed by atoms with Gasteiger partial charge in [0.1, 0.15) is 12.2 Å². The number of rotatable bonds is 4. The minimum absolute atomic E-state index is 0.0391. The minimum atomic E-state index is -1.16. The van der Waals surface area contributed by atoms with Crippen LogP contribution in [0.1, 0.15) is 19.3 Å². The van der Waals surface area contributed by atoms with Gasteiger partial charge in [-0.3, -0.25) is 0 Å². The Morgan fingerprint density at radius 2 is 1.60 bits per heavy atom. The van der Waals surface area contributed by atoms with Gasteiger partial charge in [0.05, 0.1) is 31.5 Å². The molecule has 2 heterocycles. The molecule has 0 saturated carbocycles. The Bertz CT molecular complexity index is 301. The Balaban J connectivity index is 1.89. The number of hydrogen-bond acceptors (Lipinski definition) is 8. The second kappa shape index (κ2) is 7.10. The summed E-state index contributed by atoms with van der Waals surface area (Å²) in [6, 6.07) is 0. The molecule has 2 aliphatic heterocycles. The fourth-order valence-electron chi connectivity index (χ4n) is 2.48. The van der Waals surface area contributed by atoms with Crippen molar-refractivity contribution in [3.63, 3.8) is 0 Å². The van der Waals surface area contributed by atoms with Crippen LogP contribution in [0.2, 0.25) is 0 Å². The van der Waals surface area contributed by atoms with E-state index in [0.29, 0.717) is 6.42 Å². The first-order valence-electron chi connectivity index (χ1n) is 6.75. The van der Waals surface area contributed by atoms with Crippen LogP contribution in [-0.2, 0) is 14.2 Å². The van der Waals surface area contributed by atoms with Crippen LogP contribution >= 0.6 is 0 Å². The molecular formula is C12H22O8. The maximum atomic E-state index is 9.68. The van der Waals surface area contributed by atoms with Crippen molar-refractivity contribution in [2.24, 2.45) is 0 Å². The average molecular weight is 294 g/mol. The van der Waals surface area contributed by atoms with E-state index in [1.165, 1.54) is 0 Å². The van der Waals surface area contributed by atoms with E-state index in [2.05, 4.69) is 0 Å². The highest BCUT2D eigenvalue weighted by Crippen LogP contribution is 2.26. The fourth-order valence-corrected chi connectivity index (χ4v) is 2.48. The lowest BCUT2D eigenvalue weighted by Crippen LogP contribution is -2.52. The van der Waals surface area contributed by atoms with Crippen molar-refractivity contribution in [2.45, 2.75) is 62.4 Å².